The first-order valence-electron chi connectivity index (χ1n) is 19.6. The predicted octanol–water partition coefficient (Wildman–Crippen LogP) is 12.6. The van der Waals surface area contributed by atoms with Crippen molar-refractivity contribution in [2.24, 2.45) is 0 Å². The van der Waals surface area contributed by atoms with E-state index in [-0.39, 0.29) is 0 Å². The first kappa shape index (κ1) is 32.4. The van der Waals surface area contributed by atoms with Crippen LogP contribution >= 0.6 is 11.8 Å². The Balaban J connectivity index is 1.07. The number of aromatic nitrogens is 7. The first-order valence-corrected chi connectivity index (χ1v) is 20.4. The zero-order valence-corrected chi connectivity index (χ0v) is 32.1. The Morgan fingerprint density at radius 2 is 1.19 bits per heavy atom. The molecule has 0 atom stereocenters. The van der Waals surface area contributed by atoms with Crippen LogP contribution in [0.1, 0.15) is 0 Å². The molecule has 0 unspecified atom stereocenters. The van der Waals surface area contributed by atoms with Gasteiger partial charge in [-0.2, -0.15) is 0 Å². The highest BCUT2D eigenvalue weighted by Crippen LogP contribution is 2.50. The van der Waals surface area contributed by atoms with Gasteiger partial charge in [-0.15, -0.1) is 0 Å². The second-order valence-corrected chi connectivity index (χ2v) is 16.0. The molecule has 12 aromatic rings. The number of nitrogens with zero attached hydrogens (tertiary/aromatic N) is 7. The van der Waals surface area contributed by atoms with E-state index in [1.165, 1.54) is 37.0 Å². The molecule has 7 nitrogen and oxygen atoms in total. The van der Waals surface area contributed by atoms with Crippen LogP contribution in [-0.2, 0) is 0 Å². The molecule has 0 radical (unpaired) electrons. The van der Waals surface area contributed by atoms with Crippen LogP contribution in [0, 0.1) is 0 Å². The highest BCUT2D eigenvalue weighted by molar-refractivity contribution is 7.99. The van der Waals surface area contributed by atoms with Gasteiger partial charge in [0, 0.05) is 71.5 Å². The molecule has 8 heteroatoms. The van der Waals surface area contributed by atoms with Gasteiger partial charge < -0.3 is 0 Å². The van der Waals surface area contributed by atoms with Gasteiger partial charge in [-0.05, 0) is 65.4 Å². The van der Waals surface area contributed by atoms with E-state index in [1.807, 2.05) is 30.2 Å². The van der Waals surface area contributed by atoms with Crippen LogP contribution < -0.4 is 0 Å². The summed E-state index contributed by atoms with van der Waals surface area (Å²) in [6.45, 7) is 0. The lowest BCUT2D eigenvalue weighted by Crippen LogP contribution is -2.06. The standard InChI is InChI=1S/C51H29N7S/c1-2-14-35(15-3-1)57-40-20-7-6-17-38(40)44-39-19-9-21-43-47(39)58(51(44)57)41-28-33(24-25-42(41)59-43)48-54-49(56-50(55-48)37-18-8-12-30-11-4-5-16-36(30)37)34-27-32-23-22-31-13-10-26-52-45(31)46(32)53-29-34/h1-29H. The fourth-order valence-electron chi connectivity index (χ4n) is 8.99. The van der Waals surface area contributed by atoms with E-state index in [9.17, 15) is 0 Å². The molecule has 13 rings (SSSR count). The minimum Gasteiger partial charge on any atom is -0.295 e. The summed E-state index contributed by atoms with van der Waals surface area (Å²) in [5, 5.41) is 7.94. The highest BCUT2D eigenvalue weighted by atomic mass is 32.2. The predicted molar refractivity (Wildman–Crippen MR) is 240 cm³/mol. The second-order valence-electron chi connectivity index (χ2n) is 14.9. The number of rotatable bonds is 4. The van der Waals surface area contributed by atoms with Gasteiger partial charge >= 0.3 is 0 Å². The molecular formula is C51H29N7S. The van der Waals surface area contributed by atoms with Gasteiger partial charge in [-0.25, -0.2) is 15.0 Å². The summed E-state index contributed by atoms with van der Waals surface area (Å²) in [7, 11) is 0. The van der Waals surface area contributed by atoms with E-state index in [2.05, 4.69) is 172 Å². The van der Waals surface area contributed by atoms with Gasteiger partial charge in [0.15, 0.2) is 17.5 Å². The van der Waals surface area contributed by atoms with Gasteiger partial charge in [0.05, 0.1) is 27.8 Å². The fraction of sp³-hybridized carbons (Fsp3) is 0. The number of pyridine rings is 2. The van der Waals surface area contributed by atoms with Gasteiger partial charge in [-0.3, -0.25) is 19.1 Å². The highest BCUT2D eigenvalue weighted by Gasteiger charge is 2.28. The van der Waals surface area contributed by atoms with Crippen LogP contribution in [0.15, 0.2) is 186 Å². The topological polar surface area (TPSA) is 74.3 Å². The molecule has 0 saturated carbocycles. The summed E-state index contributed by atoms with van der Waals surface area (Å²) in [5.41, 5.74) is 10.1. The Kier molecular flexibility index (Phi) is 6.82. The maximum Gasteiger partial charge on any atom is 0.165 e. The lowest BCUT2D eigenvalue weighted by atomic mass is 10.0. The van der Waals surface area contributed by atoms with Crippen LogP contribution in [-0.4, -0.2) is 34.1 Å². The Morgan fingerprint density at radius 1 is 0.458 bits per heavy atom. The van der Waals surface area contributed by atoms with Gasteiger partial charge in [0.1, 0.15) is 5.65 Å². The van der Waals surface area contributed by atoms with E-state index in [0.717, 1.165) is 66.3 Å². The van der Waals surface area contributed by atoms with Crippen molar-refractivity contribution in [3.05, 3.63) is 176 Å². The Bertz CT molecular complexity index is 3710. The lowest BCUT2D eigenvalue weighted by Gasteiger charge is -2.22. The number of hydrogen-bond acceptors (Lipinski definition) is 6. The van der Waals surface area contributed by atoms with Crippen LogP contribution in [0.4, 0.5) is 0 Å². The SMILES string of the molecule is c1ccc(-n2c3ccccc3c3c4cccc5c4n(c32)-c2cc(-c3nc(-c4cnc6c(ccc7cccnc76)c4)nc(-c4cccc6ccccc46)n3)ccc2S5)cc1. The molecule has 7 aromatic carbocycles. The smallest absolute Gasteiger partial charge is 0.165 e. The Labute approximate surface area is 341 Å². The summed E-state index contributed by atoms with van der Waals surface area (Å²) < 4.78 is 4.87. The lowest BCUT2D eigenvalue weighted by molar-refractivity contribution is 1.02. The molecule has 0 aliphatic carbocycles. The molecule has 0 amide bonds. The summed E-state index contributed by atoms with van der Waals surface area (Å²) >= 11 is 1.81. The number of para-hydroxylation sites is 3. The van der Waals surface area contributed by atoms with E-state index in [4.69, 9.17) is 19.9 Å². The van der Waals surface area contributed by atoms with Crippen molar-refractivity contribution >= 4 is 77.2 Å². The summed E-state index contributed by atoms with van der Waals surface area (Å²) in [4.78, 5) is 27.7. The largest absolute Gasteiger partial charge is 0.295 e. The molecular weight excluding hydrogens is 743 g/mol. The zero-order chi connectivity index (χ0) is 38.6. The number of hydrogen-bond donors (Lipinski definition) is 0. The average molecular weight is 772 g/mol. The molecule has 0 fully saturated rings. The molecule has 1 aliphatic heterocycles. The quantitative estimate of drug-likeness (QED) is 0.166. The maximum atomic E-state index is 5.27. The Morgan fingerprint density at radius 3 is 2.12 bits per heavy atom. The van der Waals surface area contributed by atoms with E-state index in [1.54, 1.807) is 0 Å². The third-order valence-electron chi connectivity index (χ3n) is 11.6. The van der Waals surface area contributed by atoms with Gasteiger partial charge in [0.2, 0.25) is 0 Å². The van der Waals surface area contributed by atoms with Crippen molar-refractivity contribution in [3.63, 3.8) is 0 Å². The third-order valence-corrected chi connectivity index (χ3v) is 12.7. The molecule has 6 heterocycles. The molecule has 0 bridgehead atoms. The molecule has 0 saturated heterocycles. The summed E-state index contributed by atoms with van der Waals surface area (Å²) in [6, 6.07) is 57.7. The second kappa shape index (κ2) is 12.4. The van der Waals surface area contributed by atoms with Crippen molar-refractivity contribution in [1.29, 1.82) is 0 Å². The summed E-state index contributed by atoms with van der Waals surface area (Å²) in [6.07, 6.45) is 3.67. The van der Waals surface area contributed by atoms with Gasteiger partial charge in [0.25, 0.3) is 0 Å². The molecule has 0 spiro atoms. The summed E-state index contributed by atoms with van der Waals surface area (Å²) in [5.74, 6) is 1.75. The van der Waals surface area contributed by atoms with Crippen molar-refractivity contribution in [2.75, 3.05) is 0 Å². The normalized spacial score (nSPS) is 12.3. The van der Waals surface area contributed by atoms with E-state index < -0.39 is 0 Å². The third kappa shape index (κ3) is 4.81. The van der Waals surface area contributed by atoms with Crippen LogP contribution in [0.5, 0.6) is 0 Å². The van der Waals surface area contributed by atoms with Crippen LogP contribution in [0.3, 0.4) is 0 Å². The monoisotopic (exact) mass is 771 g/mol. The average Bonchev–Trinajstić information content (AvgIpc) is 3.83. The van der Waals surface area contributed by atoms with Crippen molar-refractivity contribution < 1.29 is 0 Å². The Hall–Kier alpha value is -7.68. The number of fused-ring (bicyclic) bond motifs is 11. The van der Waals surface area contributed by atoms with Crippen molar-refractivity contribution in [2.45, 2.75) is 9.79 Å². The minimum atomic E-state index is 0.556. The molecule has 5 aromatic heterocycles. The van der Waals surface area contributed by atoms with E-state index in [0.29, 0.717) is 17.5 Å². The molecule has 1 aliphatic rings. The maximum absolute atomic E-state index is 5.27. The zero-order valence-electron chi connectivity index (χ0n) is 31.3. The molecule has 59 heavy (non-hydrogen) atoms. The first-order chi connectivity index (χ1) is 29.2. The fourth-order valence-corrected chi connectivity index (χ4v) is 10.1. The van der Waals surface area contributed by atoms with Crippen molar-refractivity contribution in [1.82, 2.24) is 34.1 Å². The number of benzene rings is 7. The van der Waals surface area contributed by atoms with Crippen LogP contribution in [0.2, 0.25) is 0 Å². The van der Waals surface area contributed by atoms with Crippen molar-refractivity contribution in [3.8, 4) is 45.5 Å². The van der Waals surface area contributed by atoms with Crippen LogP contribution in [0.25, 0.3) is 111 Å². The molecule has 274 valence electrons. The van der Waals surface area contributed by atoms with Gasteiger partial charge in [-0.1, -0.05) is 121 Å². The molecule has 0 N–H and O–H groups in total. The minimum absolute atomic E-state index is 0.556. The van der Waals surface area contributed by atoms with E-state index >= 15 is 0 Å².